The molecule has 0 heterocycles. The average Bonchev–Trinajstić information content (AvgIpc) is 2.80. The standard InChI is InChI=1S/C16H18O5.C9H16O4/c1-19-15-7-11(3-5-13(15)17)9-21-10-12-4-6-14(18)16(8-12)20-2;10-8(11)6-4-2-1-3-5-7-9(12)13/h3-8,17-18H,9-10H2,1-2H3;1-7H2,(H,10,11)(H,12,13). The largest absolute Gasteiger partial charge is 0.504 e. The summed E-state index contributed by atoms with van der Waals surface area (Å²) in [6, 6.07) is 10.1. The smallest absolute Gasteiger partial charge is 0.303 e. The Morgan fingerprint density at radius 3 is 1.41 bits per heavy atom. The second kappa shape index (κ2) is 16.2. The van der Waals surface area contributed by atoms with Crippen molar-refractivity contribution in [2.45, 2.75) is 58.2 Å². The lowest BCUT2D eigenvalue weighted by molar-refractivity contribution is -0.138. The van der Waals surface area contributed by atoms with Gasteiger partial charge in [-0.25, -0.2) is 0 Å². The van der Waals surface area contributed by atoms with Crippen LogP contribution in [0.5, 0.6) is 23.0 Å². The summed E-state index contributed by atoms with van der Waals surface area (Å²) >= 11 is 0. The minimum Gasteiger partial charge on any atom is -0.504 e. The monoisotopic (exact) mass is 478 g/mol. The number of unbranched alkanes of at least 4 members (excludes halogenated alkanes) is 4. The van der Waals surface area contributed by atoms with Gasteiger partial charge in [0, 0.05) is 12.8 Å². The molecule has 0 fully saturated rings. The zero-order valence-corrected chi connectivity index (χ0v) is 19.7. The number of carbonyl (C=O) groups is 2. The fourth-order valence-corrected chi connectivity index (χ4v) is 2.99. The third-order valence-electron chi connectivity index (χ3n) is 4.81. The third-order valence-corrected chi connectivity index (χ3v) is 4.81. The fraction of sp³-hybridized carbons (Fsp3) is 0.440. The summed E-state index contributed by atoms with van der Waals surface area (Å²) in [5.74, 6) is -0.477. The van der Waals surface area contributed by atoms with Crippen molar-refractivity contribution in [1.29, 1.82) is 0 Å². The SMILES string of the molecule is COc1cc(COCc2ccc(O)c(OC)c2)ccc1O.O=C(O)CCCCCCCC(=O)O. The number of aromatic hydroxyl groups is 2. The third kappa shape index (κ3) is 12.0. The number of aliphatic carboxylic acids is 2. The Bertz CT molecular complexity index is 824. The Kier molecular flexibility index (Phi) is 13.6. The fourth-order valence-electron chi connectivity index (χ4n) is 2.99. The summed E-state index contributed by atoms with van der Waals surface area (Å²) in [5.41, 5.74) is 1.80. The summed E-state index contributed by atoms with van der Waals surface area (Å²) in [7, 11) is 3.00. The summed E-state index contributed by atoms with van der Waals surface area (Å²) in [4.78, 5) is 20.2. The van der Waals surface area contributed by atoms with E-state index in [4.69, 9.17) is 24.4 Å². The number of phenols is 2. The summed E-state index contributed by atoms with van der Waals surface area (Å²) in [6.07, 6.45) is 4.53. The van der Waals surface area contributed by atoms with Gasteiger partial charge < -0.3 is 34.6 Å². The van der Waals surface area contributed by atoms with E-state index in [2.05, 4.69) is 0 Å². The first-order valence-electron chi connectivity index (χ1n) is 11.0. The Morgan fingerprint density at radius 1 is 0.676 bits per heavy atom. The summed E-state index contributed by atoms with van der Waals surface area (Å²) in [5, 5.41) is 35.7. The van der Waals surface area contributed by atoms with E-state index in [1.165, 1.54) is 14.2 Å². The topological polar surface area (TPSA) is 143 Å². The maximum Gasteiger partial charge on any atom is 0.303 e. The Balaban J connectivity index is 0.000000385. The second-order valence-corrected chi connectivity index (χ2v) is 7.56. The van der Waals surface area contributed by atoms with Crippen molar-refractivity contribution < 1.29 is 44.2 Å². The predicted molar refractivity (Wildman–Crippen MR) is 125 cm³/mol. The molecular formula is C25H34O9. The Labute approximate surface area is 199 Å². The van der Waals surface area contributed by atoms with Crippen LogP contribution < -0.4 is 9.47 Å². The number of carboxylic acid groups (broad SMARTS) is 2. The van der Waals surface area contributed by atoms with Gasteiger partial charge in [0.25, 0.3) is 0 Å². The number of carboxylic acids is 2. The number of rotatable bonds is 14. The quantitative estimate of drug-likeness (QED) is 0.284. The molecule has 0 spiro atoms. The van der Waals surface area contributed by atoms with Crippen LogP contribution >= 0.6 is 0 Å². The van der Waals surface area contributed by atoms with Gasteiger partial charge in [0.1, 0.15) is 0 Å². The molecule has 9 nitrogen and oxygen atoms in total. The van der Waals surface area contributed by atoms with Gasteiger partial charge >= 0.3 is 11.9 Å². The van der Waals surface area contributed by atoms with Crippen molar-refractivity contribution >= 4 is 11.9 Å². The lowest BCUT2D eigenvalue weighted by Crippen LogP contribution is -1.96. The number of ether oxygens (including phenoxy) is 3. The van der Waals surface area contributed by atoms with E-state index in [0.717, 1.165) is 30.4 Å². The van der Waals surface area contributed by atoms with E-state index in [1.807, 2.05) is 0 Å². The maximum absolute atomic E-state index is 10.1. The molecule has 0 saturated heterocycles. The number of phenolic OH excluding ortho intramolecular Hbond substituents is 2. The number of methoxy groups -OCH3 is 2. The average molecular weight is 479 g/mol. The van der Waals surface area contributed by atoms with Gasteiger partial charge in [0.05, 0.1) is 27.4 Å². The number of hydrogen-bond acceptors (Lipinski definition) is 7. The lowest BCUT2D eigenvalue weighted by Gasteiger charge is -2.09. The van der Waals surface area contributed by atoms with Crippen LogP contribution in [0.2, 0.25) is 0 Å². The van der Waals surface area contributed by atoms with Gasteiger partial charge in [-0.1, -0.05) is 31.4 Å². The number of benzene rings is 2. The Morgan fingerprint density at radius 2 is 1.06 bits per heavy atom. The molecule has 0 unspecified atom stereocenters. The molecule has 0 saturated carbocycles. The molecule has 2 aromatic rings. The van der Waals surface area contributed by atoms with Crippen LogP contribution in [0.1, 0.15) is 56.1 Å². The van der Waals surface area contributed by atoms with Gasteiger partial charge in [-0.15, -0.1) is 0 Å². The zero-order chi connectivity index (χ0) is 25.3. The molecule has 9 heteroatoms. The van der Waals surface area contributed by atoms with E-state index in [9.17, 15) is 19.8 Å². The van der Waals surface area contributed by atoms with Crippen LogP contribution in [0, 0.1) is 0 Å². The van der Waals surface area contributed by atoms with Crippen molar-refractivity contribution in [1.82, 2.24) is 0 Å². The molecule has 0 amide bonds. The first-order valence-corrected chi connectivity index (χ1v) is 11.0. The summed E-state index contributed by atoms with van der Waals surface area (Å²) < 4.78 is 15.7. The molecular weight excluding hydrogens is 444 g/mol. The van der Waals surface area contributed by atoms with Crippen molar-refractivity contribution in [2.24, 2.45) is 0 Å². The van der Waals surface area contributed by atoms with Crippen LogP contribution in [-0.2, 0) is 27.5 Å². The van der Waals surface area contributed by atoms with E-state index in [1.54, 1.807) is 36.4 Å². The molecule has 4 N–H and O–H groups in total. The van der Waals surface area contributed by atoms with Crippen molar-refractivity contribution in [3.63, 3.8) is 0 Å². The molecule has 0 bridgehead atoms. The zero-order valence-electron chi connectivity index (χ0n) is 19.7. The highest BCUT2D eigenvalue weighted by molar-refractivity contribution is 5.66. The molecule has 0 aliphatic heterocycles. The van der Waals surface area contributed by atoms with Gasteiger partial charge in [-0.05, 0) is 48.2 Å². The molecule has 2 rings (SSSR count). The molecule has 0 aliphatic rings. The minimum absolute atomic E-state index is 0.101. The van der Waals surface area contributed by atoms with Crippen LogP contribution in [0.3, 0.4) is 0 Å². The molecule has 0 atom stereocenters. The molecule has 0 radical (unpaired) electrons. The summed E-state index contributed by atoms with van der Waals surface area (Å²) in [6.45, 7) is 0.777. The van der Waals surface area contributed by atoms with Crippen LogP contribution in [-0.4, -0.2) is 46.6 Å². The van der Waals surface area contributed by atoms with Gasteiger partial charge in [0.15, 0.2) is 23.0 Å². The van der Waals surface area contributed by atoms with E-state index in [-0.39, 0.29) is 24.3 Å². The first kappa shape index (κ1) is 28.6. The lowest BCUT2D eigenvalue weighted by atomic mass is 10.1. The number of hydrogen-bond donors (Lipinski definition) is 4. The second-order valence-electron chi connectivity index (χ2n) is 7.56. The highest BCUT2D eigenvalue weighted by atomic mass is 16.5. The highest BCUT2D eigenvalue weighted by Crippen LogP contribution is 2.28. The molecule has 2 aromatic carbocycles. The minimum atomic E-state index is -0.759. The van der Waals surface area contributed by atoms with Crippen LogP contribution in [0.4, 0.5) is 0 Å². The molecule has 0 aliphatic carbocycles. The normalized spacial score (nSPS) is 10.2. The van der Waals surface area contributed by atoms with Gasteiger partial charge in [0.2, 0.25) is 0 Å². The highest BCUT2D eigenvalue weighted by Gasteiger charge is 2.05. The van der Waals surface area contributed by atoms with E-state index < -0.39 is 11.9 Å². The Hall–Kier alpha value is -3.46. The first-order chi connectivity index (χ1) is 16.3. The molecule has 188 valence electrons. The molecule has 34 heavy (non-hydrogen) atoms. The van der Waals surface area contributed by atoms with Crippen LogP contribution in [0.25, 0.3) is 0 Å². The van der Waals surface area contributed by atoms with E-state index in [0.29, 0.717) is 37.6 Å². The van der Waals surface area contributed by atoms with Crippen molar-refractivity contribution in [3.8, 4) is 23.0 Å². The van der Waals surface area contributed by atoms with Crippen LogP contribution in [0.15, 0.2) is 36.4 Å². The maximum atomic E-state index is 10.1. The predicted octanol–water partition coefficient (Wildman–Crippen LogP) is 4.72. The molecule has 0 aromatic heterocycles. The van der Waals surface area contributed by atoms with Gasteiger partial charge in [-0.2, -0.15) is 0 Å². The van der Waals surface area contributed by atoms with E-state index >= 15 is 0 Å². The van der Waals surface area contributed by atoms with Gasteiger partial charge in [-0.3, -0.25) is 9.59 Å². The van der Waals surface area contributed by atoms with Crippen molar-refractivity contribution in [2.75, 3.05) is 14.2 Å². The van der Waals surface area contributed by atoms with Crippen molar-refractivity contribution in [3.05, 3.63) is 47.5 Å².